The van der Waals surface area contributed by atoms with Gasteiger partial charge in [0.1, 0.15) is 0 Å². The van der Waals surface area contributed by atoms with Crippen LogP contribution in [-0.2, 0) is 0 Å². The number of ether oxygens (including phenoxy) is 2. The van der Waals surface area contributed by atoms with Crippen LogP contribution >= 0.6 is 0 Å². The number of likely N-dealkylation sites (tertiary alicyclic amines) is 1. The fourth-order valence-corrected chi connectivity index (χ4v) is 3.22. The zero-order valence-corrected chi connectivity index (χ0v) is 12.9. The Morgan fingerprint density at radius 1 is 1.19 bits per heavy atom. The minimum atomic E-state index is 0.287. The summed E-state index contributed by atoms with van der Waals surface area (Å²) in [5, 5.41) is 0. The van der Waals surface area contributed by atoms with Crippen molar-refractivity contribution in [1.82, 2.24) is 4.90 Å². The summed E-state index contributed by atoms with van der Waals surface area (Å²) < 4.78 is 11.5. The molecule has 1 fully saturated rings. The second-order valence-electron chi connectivity index (χ2n) is 6.23. The smallest absolute Gasteiger partial charge is 0.161 e. The second kappa shape index (κ2) is 6.67. The molecule has 0 radical (unpaired) electrons. The summed E-state index contributed by atoms with van der Waals surface area (Å²) in [6, 6.07) is 6.58. The zero-order chi connectivity index (χ0) is 14.7. The first-order chi connectivity index (χ1) is 10.3. The van der Waals surface area contributed by atoms with Crippen molar-refractivity contribution in [3.8, 4) is 11.5 Å². The predicted octanol–water partition coefficient (Wildman–Crippen LogP) is 2.58. The maximum Gasteiger partial charge on any atom is 0.161 e. The predicted molar refractivity (Wildman–Crippen MR) is 83.8 cm³/mol. The highest BCUT2D eigenvalue weighted by Gasteiger charge is 2.24. The number of rotatable bonds is 3. The molecule has 21 heavy (non-hydrogen) atoms. The molecule has 2 N–H and O–H groups in total. The number of fused-ring (bicyclic) bond motifs is 1. The number of hydrogen-bond acceptors (Lipinski definition) is 4. The van der Waals surface area contributed by atoms with Gasteiger partial charge in [0.2, 0.25) is 0 Å². The topological polar surface area (TPSA) is 47.7 Å². The van der Waals surface area contributed by atoms with E-state index in [1.54, 1.807) is 0 Å². The van der Waals surface area contributed by atoms with Crippen molar-refractivity contribution in [2.75, 3.05) is 32.8 Å². The molecule has 2 aliphatic rings. The van der Waals surface area contributed by atoms with E-state index in [0.29, 0.717) is 6.54 Å². The van der Waals surface area contributed by atoms with Gasteiger partial charge in [0.05, 0.1) is 13.2 Å². The van der Waals surface area contributed by atoms with Gasteiger partial charge in [0.15, 0.2) is 11.5 Å². The average molecular weight is 290 g/mol. The van der Waals surface area contributed by atoms with Gasteiger partial charge in [0.25, 0.3) is 0 Å². The van der Waals surface area contributed by atoms with Gasteiger partial charge in [0, 0.05) is 19.0 Å². The Labute approximate surface area is 127 Å². The number of hydrogen-bond donors (Lipinski definition) is 1. The van der Waals surface area contributed by atoms with E-state index in [2.05, 4.69) is 24.0 Å². The maximum atomic E-state index is 6.06. The van der Waals surface area contributed by atoms with Crippen molar-refractivity contribution >= 4 is 0 Å². The Morgan fingerprint density at radius 3 is 2.62 bits per heavy atom. The molecule has 0 amide bonds. The van der Waals surface area contributed by atoms with E-state index in [1.165, 1.54) is 18.4 Å². The lowest BCUT2D eigenvalue weighted by Crippen LogP contribution is -2.39. The molecule has 3 rings (SSSR count). The maximum absolute atomic E-state index is 6.06. The van der Waals surface area contributed by atoms with Crippen LogP contribution in [0.2, 0.25) is 0 Å². The fraction of sp³-hybridized carbons (Fsp3) is 0.647. The largest absolute Gasteiger partial charge is 0.490 e. The molecule has 0 bridgehead atoms. The lowest BCUT2D eigenvalue weighted by Gasteiger charge is -2.36. The SMILES string of the molecule is CC1CCN(C(CN)c2ccc3c(c2)OCCCO3)CC1. The number of benzene rings is 1. The van der Waals surface area contributed by atoms with E-state index < -0.39 is 0 Å². The summed E-state index contributed by atoms with van der Waals surface area (Å²) in [6.45, 7) is 6.72. The monoisotopic (exact) mass is 290 g/mol. The highest BCUT2D eigenvalue weighted by molar-refractivity contribution is 5.44. The summed E-state index contributed by atoms with van der Waals surface area (Å²) in [4.78, 5) is 2.51. The molecular weight excluding hydrogens is 264 g/mol. The molecule has 1 aromatic carbocycles. The molecule has 1 atom stereocenters. The second-order valence-corrected chi connectivity index (χ2v) is 6.23. The summed E-state index contributed by atoms with van der Waals surface area (Å²) in [5.74, 6) is 2.57. The summed E-state index contributed by atoms with van der Waals surface area (Å²) >= 11 is 0. The van der Waals surface area contributed by atoms with Gasteiger partial charge in [-0.05, 0) is 49.5 Å². The van der Waals surface area contributed by atoms with Crippen LogP contribution < -0.4 is 15.2 Å². The Morgan fingerprint density at radius 2 is 1.90 bits per heavy atom. The normalized spacial score (nSPS) is 21.8. The quantitative estimate of drug-likeness (QED) is 0.929. The van der Waals surface area contributed by atoms with Crippen LogP contribution in [0.5, 0.6) is 11.5 Å². The summed E-state index contributed by atoms with van der Waals surface area (Å²) in [7, 11) is 0. The van der Waals surface area contributed by atoms with Crippen molar-refractivity contribution in [1.29, 1.82) is 0 Å². The van der Waals surface area contributed by atoms with Gasteiger partial charge < -0.3 is 15.2 Å². The van der Waals surface area contributed by atoms with E-state index in [0.717, 1.165) is 50.1 Å². The standard InChI is InChI=1S/C17H26N2O2/c1-13-5-7-19(8-6-13)15(12-18)14-3-4-16-17(11-14)21-10-2-9-20-16/h3-4,11,13,15H,2,5-10,12,18H2,1H3. The van der Waals surface area contributed by atoms with Crippen molar-refractivity contribution in [3.05, 3.63) is 23.8 Å². The van der Waals surface area contributed by atoms with Gasteiger partial charge >= 0.3 is 0 Å². The Kier molecular flexibility index (Phi) is 4.66. The number of piperidine rings is 1. The van der Waals surface area contributed by atoms with Gasteiger partial charge in [-0.3, -0.25) is 4.90 Å². The van der Waals surface area contributed by atoms with E-state index in [1.807, 2.05) is 6.07 Å². The fourth-order valence-electron chi connectivity index (χ4n) is 3.22. The molecule has 0 spiro atoms. The third kappa shape index (κ3) is 3.33. The lowest BCUT2D eigenvalue weighted by molar-refractivity contribution is 0.141. The van der Waals surface area contributed by atoms with Crippen LogP contribution in [0.4, 0.5) is 0 Å². The molecule has 2 heterocycles. The van der Waals surface area contributed by atoms with Gasteiger partial charge in [-0.1, -0.05) is 13.0 Å². The molecule has 1 unspecified atom stereocenters. The minimum absolute atomic E-state index is 0.287. The average Bonchev–Trinajstić information content (AvgIpc) is 2.75. The molecule has 4 nitrogen and oxygen atoms in total. The molecule has 4 heteroatoms. The summed E-state index contributed by atoms with van der Waals surface area (Å²) in [6.07, 6.45) is 3.47. The number of nitrogens with zero attached hydrogens (tertiary/aromatic N) is 1. The molecule has 0 aliphatic carbocycles. The zero-order valence-electron chi connectivity index (χ0n) is 12.9. The Hall–Kier alpha value is -1.26. The van der Waals surface area contributed by atoms with Gasteiger partial charge in [-0.2, -0.15) is 0 Å². The Balaban J connectivity index is 1.79. The molecule has 2 aliphatic heterocycles. The third-order valence-corrected chi connectivity index (χ3v) is 4.64. The molecule has 0 saturated carbocycles. The minimum Gasteiger partial charge on any atom is -0.490 e. The van der Waals surface area contributed by atoms with Crippen LogP contribution in [0.25, 0.3) is 0 Å². The van der Waals surface area contributed by atoms with Crippen LogP contribution in [0, 0.1) is 5.92 Å². The van der Waals surface area contributed by atoms with Gasteiger partial charge in [-0.25, -0.2) is 0 Å². The summed E-state index contributed by atoms with van der Waals surface area (Å²) in [5.41, 5.74) is 7.31. The van der Waals surface area contributed by atoms with E-state index in [9.17, 15) is 0 Å². The van der Waals surface area contributed by atoms with E-state index in [-0.39, 0.29) is 6.04 Å². The van der Waals surface area contributed by atoms with Crippen LogP contribution in [0.3, 0.4) is 0 Å². The van der Waals surface area contributed by atoms with E-state index >= 15 is 0 Å². The molecule has 0 aromatic heterocycles. The van der Waals surface area contributed by atoms with Gasteiger partial charge in [-0.15, -0.1) is 0 Å². The van der Waals surface area contributed by atoms with Crippen molar-refractivity contribution in [2.24, 2.45) is 11.7 Å². The first-order valence-electron chi connectivity index (χ1n) is 8.11. The third-order valence-electron chi connectivity index (χ3n) is 4.64. The highest BCUT2D eigenvalue weighted by atomic mass is 16.5. The van der Waals surface area contributed by atoms with Crippen molar-refractivity contribution < 1.29 is 9.47 Å². The first-order valence-corrected chi connectivity index (χ1v) is 8.11. The van der Waals surface area contributed by atoms with Crippen LogP contribution in [0.15, 0.2) is 18.2 Å². The molecule has 1 aromatic rings. The van der Waals surface area contributed by atoms with Crippen molar-refractivity contribution in [2.45, 2.75) is 32.2 Å². The van der Waals surface area contributed by atoms with Crippen molar-refractivity contribution in [3.63, 3.8) is 0 Å². The Bertz CT molecular complexity index is 470. The molecular formula is C17H26N2O2. The molecule has 116 valence electrons. The number of nitrogens with two attached hydrogens (primary N) is 1. The van der Waals surface area contributed by atoms with E-state index in [4.69, 9.17) is 15.2 Å². The van der Waals surface area contributed by atoms with Crippen LogP contribution in [0.1, 0.15) is 37.8 Å². The molecule has 1 saturated heterocycles. The first kappa shape index (κ1) is 14.7. The van der Waals surface area contributed by atoms with Crippen LogP contribution in [-0.4, -0.2) is 37.7 Å². The lowest BCUT2D eigenvalue weighted by atomic mass is 9.95. The highest BCUT2D eigenvalue weighted by Crippen LogP contribution is 2.34.